The molecule has 1 N–H and O–H groups in total. The number of hydrogen-bond donors (Lipinski definition) is 1. The van der Waals surface area contributed by atoms with Gasteiger partial charge in [0.25, 0.3) is 5.69 Å². The second kappa shape index (κ2) is 8.57. The van der Waals surface area contributed by atoms with Crippen LogP contribution < -0.4 is 9.62 Å². The lowest BCUT2D eigenvalue weighted by Gasteiger charge is -2.25. The van der Waals surface area contributed by atoms with Gasteiger partial charge in [0.15, 0.2) is 0 Å². The summed E-state index contributed by atoms with van der Waals surface area (Å²) in [5.41, 5.74) is 0.964. The Kier molecular flexibility index (Phi) is 6.63. The number of non-ortho nitro benzene ring substituents is 1. The molecule has 0 spiro atoms. The molecule has 0 fully saturated rings. The minimum absolute atomic E-state index is 0.0338. The van der Waals surface area contributed by atoms with Crippen LogP contribution in [0.5, 0.6) is 0 Å². The molecule has 10 heteroatoms. The average Bonchev–Trinajstić information content (AvgIpc) is 2.60. The molecular weight excluding hydrogens is 406 g/mol. The third-order valence-electron chi connectivity index (χ3n) is 3.95. The Balaban J connectivity index is 2.34. The molecule has 0 radical (unpaired) electrons. The molecule has 0 aliphatic carbocycles. The Morgan fingerprint density at radius 3 is 2.46 bits per heavy atom. The molecule has 0 bridgehead atoms. The van der Waals surface area contributed by atoms with Crippen LogP contribution >= 0.6 is 11.6 Å². The summed E-state index contributed by atoms with van der Waals surface area (Å²) in [5, 5.41) is 13.5. The van der Waals surface area contributed by atoms with E-state index in [-0.39, 0.29) is 22.3 Å². The molecule has 0 aliphatic heterocycles. The zero-order valence-corrected chi connectivity index (χ0v) is 17.1. The summed E-state index contributed by atoms with van der Waals surface area (Å²) in [6.07, 6.45) is 1.01. The van der Waals surface area contributed by atoms with Crippen LogP contribution in [0, 0.1) is 10.1 Å². The number of halogens is 1. The standard InChI is InChI=1S/C18H20ClN3O5S/c1-12(2)14-6-4-5-7-17(14)21(28(3,26)27)11-18(23)20-16-10-13(22(24)25)8-9-15(16)19/h4-10,12H,11H2,1-3H3,(H,20,23). The molecule has 0 heterocycles. The molecule has 0 saturated heterocycles. The maximum absolute atomic E-state index is 12.5. The highest BCUT2D eigenvalue weighted by molar-refractivity contribution is 7.92. The van der Waals surface area contributed by atoms with Crippen molar-refractivity contribution in [2.75, 3.05) is 22.4 Å². The number of carbonyl (C=O) groups is 1. The Labute approximate surface area is 168 Å². The van der Waals surface area contributed by atoms with Gasteiger partial charge < -0.3 is 5.32 Å². The zero-order chi connectivity index (χ0) is 21.1. The smallest absolute Gasteiger partial charge is 0.271 e. The van der Waals surface area contributed by atoms with E-state index in [4.69, 9.17) is 11.6 Å². The van der Waals surface area contributed by atoms with E-state index in [1.165, 1.54) is 12.1 Å². The van der Waals surface area contributed by atoms with Crippen molar-refractivity contribution in [1.82, 2.24) is 0 Å². The van der Waals surface area contributed by atoms with Crippen LogP contribution in [0.3, 0.4) is 0 Å². The number of nitro groups is 1. The van der Waals surface area contributed by atoms with Crippen LogP contribution in [0.15, 0.2) is 42.5 Å². The molecule has 0 unspecified atom stereocenters. The quantitative estimate of drug-likeness (QED) is 0.536. The van der Waals surface area contributed by atoms with E-state index in [0.717, 1.165) is 22.2 Å². The largest absolute Gasteiger partial charge is 0.323 e. The first kappa shape index (κ1) is 21.6. The predicted octanol–water partition coefficient (Wildman–Crippen LogP) is 3.78. The Hall–Kier alpha value is -2.65. The number of nitrogens with zero attached hydrogens (tertiary/aromatic N) is 2. The Morgan fingerprint density at radius 1 is 1.25 bits per heavy atom. The molecular formula is C18H20ClN3O5S. The second-order valence-electron chi connectivity index (χ2n) is 6.45. The van der Waals surface area contributed by atoms with Crippen molar-refractivity contribution in [3.05, 3.63) is 63.2 Å². The van der Waals surface area contributed by atoms with Crippen molar-refractivity contribution in [1.29, 1.82) is 0 Å². The van der Waals surface area contributed by atoms with Crippen molar-refractivity contribution in [3.63, 3.8) is 0 Å². The third-order valence-corrected chi connectivity index (χ3v) is 5.41. The summed E-state index contributed by atoms with van der Waals surface area (Å²) in [6, 6.07) is 10.5. The van der Waals surface area contributed by atoms with Gasteiger partial charge in [-0.25, -0.2) is 8.42 Å². The van der Waals surface area contributed by atoms with Crippen LogP contribution in [-0.2, 0) is 14.8 Å². The van der Waals surface area contributed by atoms with Crippen LogP contribution in [0.2, 0.25) is 5.02 Å². The van der Waals surface area contributed by atoms with Gasteiger partial charge in [-0.05, 0) is 23.6 Å². The van der Waals surface area contributed by atoms with Gasteiger partial charge in [-0.2, -0.15) is 0 Å². The van der Waals surface area contributed by atoms with Gasteiger partial charge in [-0.1, -0.05) is 43.6 Å². The van der Waals surface area contributed by atoms with Gasteiger partial charge in [0.1, 0.15) is 6.54 Å². The minimum atomic E-state index is -3.76. The highest BCUT2D eigenvalue weighted by atomic mass is 35.5. The number of rotatable bonds is 7. The molecule has 0 aromatic heterocycles. The summed E-state index contributed by atoms with van der Waals surface area (Å²) in [4.78, 5) is 22.8. The Bertz CT molecular complexity index is 1010. The van der Waals surface area contributed by atoms with Crippen molar-refractivity contribution >= 4 is 44.6 Å². The van der Waals surface area contributed by atoms with Gasteiger partial charge in [0, 0.05) is 12.1 Å². The van der Waals surface area contributed by atoms with Gasteiger partial charge in [0.2, 0.25) is 15.9 Å². The maximum Gasteiger partial charge on any atom is 0.271 e. The van der Waals surface area contributed by atoms with Crippen LogP contribution in [0.1, 0.15) is 25.3 Å². The second-order valence-corrected chi connectivity index (χ2v) is 8.77. The summed E-state index contributed by atoms with van der Waals surface area (Å²) >= 11 is 5.99. The van der Waals surface area contributed by atoms with Gasteiger partial charge in [0.05, 0.1) is 27.6 Å². The first-order valence-electron chi connectivity index (χ1n) is 8.31. The fourth-order valence-electron chi connectivity index (χ4n) is 2.63. The number of anilines is 2. The molecule has 150 valence electrons. The topological polar surface area (TPSA) is 110 Å². The number of nitrogens with one attached hydrogen (secondary N) is 1. The van der Waals surface area contributed by atoms with E-state index >= 15 is 0 Å². The third kappa shape index (κ3) is 5.20. The maximum atomic E-state index is 12.5. The van der Waals surface area contributed by atoms with Crippen molar-refractivity contribution in [2.24, 2.45) is 0 Å². The molecule has 8 nitrogen and oxygen atoms in total. The van der Waals surface area contributed by atoms with Crippen molar-refractivity contribution in [2.45, 2.75) is 19.8 Å². The van der Waals surface area contributed by atoms with Crippen molar-refractivity contribution < 1.29 is 18.1 Å². The molecule has 2 rings (SSSR count). The van der Waals surface area contributed by atoms with E-state index in [0.29, 0.717) is 5.69 Å². The number of amides is 1. The van der Waals surface area contributed by atoms with E-state index in [1.807, 2.05) is 13.8 Å². The number of para-hydroxylation sites is 1. The molecule has 28 heavy (non-hydrogen) atoms. The van der Waals surface area contributed by atoms with Gasteiger partial charge >= 0.3 is 0 Å². The Morgan fingerprint density at radius 2 is 1.89 bits per heavy atom. The average molecular weight is 426 g/mol. The number of carbonyl (C=O) groups excluding carboxylic acids is 1. The molecule has 0 atom stereocenters. The van der Waals surface area contributed by atoms with E-state index in [2.05, 4.69) is 5.32 Å². The monoisotopic (exact) mass is 425 g/mol. The predicted molar refractivity (Wildman–Crippen MR) is 109 cm³/mol. The number of sulfonamides is 1. The SMILES string of the molecule is CC(C)c1ccccc1N(CC(=O)Nc1cc([N+](=O)[O-])ccc1Cl)S(C)(=O)=O. The number of hydrogen-bond acceptors (Lipinski definition) is 5. The van der Waals surface area contributed by atoms with Crippen LogP contribution in [0.25, 0.3) is 0 Å². The molecule has 2 aromatic rings. The molecule has 0 saturated carbocycles. The lowest BCUT2D eigenvalue weighted by molar-refractivity contribution is -0.384. The fourth-order valence-corrected chi connectivity index (χ4v) is 3.67. The number of benzene rings is 2. The van der Waals surface area contributed by atoms with Gasteiger partial charge in [-0.3, -0.25) is 19.2 Å². The molecule has 2 aromatic carbocycles. The van der Waals surface area contributed by atoms with Gasteiger partial charge in [-0.15, -0.1) is 0 Å². The molecule has 0 aliphatic rings. The lowest BCUT2D eigenvalue weighted by atomic mass is 10.0. The normalized spacial score (nSPS) is 11.3. The summed E-state index contributed by atoms with van der Waals surface area (Å²) in [6.45, 7) is 3.34. The van der Waals surface area contributed by atoms with Crippen LogP contribution in [-0.4, -0.2) is 32.0 Å². The highest BCUT2D eigenvalue weighted by Gasteiger charge is 2.24. The van der Waals surface area contributed by atoms with E-state index in [9.17, 15) is 23.3 Å². The van der Waals surface area contributed by atoms with E-state index < -0.39 is 27.4 Å². The lowest BCUT2D eigenvalue weighted by Crippen LogP contribution is -2.38. The molecule has 1 amide bonds. The zero-order valence-electron chi connectivity index (χ0n) is 15.5. The highest BCUT2D eigenvalue weighted by Crippen LogP contribution is 2.30. The summed E-state index contributed by atoms with van der Waals surface area (Å²) in [5.74, 6) is -0.638. The number of nitro benzene ring substituents is 1. The van der Waals surface area contributed by atoms with Crippen molar-refractivity contribution in [3.8, 4) is 0 Å². The minimum Gasteiger partial charge on any atom is -0.323 e. The van der Waals surface area contributed by atoms with Crippen LogP contribution in [0.4, 0.5) is 17.1 Å². The fraction of sp³-hybridized carbons (Fsp3) is 0.278. The summed E-state index contributed by atoms with van der Waals surface area (Å²) < 4.78 is 25.7. The first-order valence-corrected chi connectivity index (χ1v) is 10.5. The van der Waals surface area contributed by atoms with E-state index in [1.54, 1.807) is 24.3 Å². The summed E-state index contributed by atoms with van der Waals surface area (Å²) in [7, 11) is -3.76. The first-order chi connectivity index (χ1) is 13.0.